The Morgan fingerprint density at radius 1 is 1.17 bits per heavy atom. The highest BCUT2D eigenvalue weighted by molar-refractivity contribution is 7.89. The van der Waals surface area contributed by atoms with Crippen LogP contribution in [-0.2, 0) is 15.1 Å². The Morgan fingerprint density at radius 3 is 2.65 bits per heavy atom. The van der Waals surface area contributed by atoms with Crippen LogP contribution >= 0.6 is 11.6 Å². The molecule has 1 atom stereocenters. The molecule has 1 aliphatic heterocycles. The van der Waals surface area contributed by atoms with Crippen molar-refractivity contribution in [3.63, 3.8) is 0 Å². The first-order valence-electron chi connectivity index (χ1n) is 7.15. The molecule has 1 heterocycles. The van der Waals surface area contributed by atoms with Gasteiger partial charge in [-0.1, -0.05) is 17.7 Å². The number of halogens is 1. The number of sulfonamides is 1. The first kappa shape index (κ1) is 16.1. The van der Waals surface area contributed by atoms with Gasteiger partial charge in [-0.3, -0.25) is 5.11 Å². The number of nitrogens with one attached hydrogen (secondary N) is 1. The molecule has 5 nitrogen and oxygen atoms in total. The van der Waals surface area contributed by atoms with E-state index in [0.717, 1.165) is 5.56 Å². The summed E-state index contributed by atoms with van der Waals surface area (Å²) in [4.78, 5) is 0.170. The minimum absolute atomic E-state index is 0.0265. The quantitative estimate of drug-likeness (QED) is 0.917. The number of rotatable bonds is 4. The first-order chi connectivity index (χ1) is 11.0. The van der Waals surface area contributed by atoms with Crippen molar-refractivity contribution in [3.05, 3.63) is 53.1 Å². The van der Waals surface area contributed by atoms with Gasteiger partial charge in [-0.05, 0) is 42.3 Å². The molecule has 2 aromatic carbocycles. The smallest absolute Gasteiger partial charge is 0.240 e. The van der Waals surface area contributed by atoms with Crippen molar-refractivity contribution < 1.29 is 18.3 Å². The predicted molar refractivity (Wildman–Crippen MR) is 86.1 cm³/mol. The van der Waals surface area contributed by atoms with E-state index in [9.17, 15) is 13.5 Å². The summed E-state index contributed by atoms with van der Waals surface area (Å²) in [5, 5.41) is 11.9. The molecular formula is C16H15ClNO4S. The summed E-state index contributed by atoms with van der Waals surface area (Å²) in [5.74, 6) is 0.395. The zero-order valence-electron chi connectivity index (χ0n) is 12.2. The van der Waals surface area contributed by atoms with Gasteiger partial charge >= 0.3 is 0 Å². The summed E-state index contributed by atoms with van der Waals surface area (Å²) >= 11 is 5.77. The van der Waals surface area contributed by atoms with Crippen molar-refractivity contribution in [2.24, 2.45) is 0 Å². The minimum Gasteiger partial charge on any atom is -0.493 e. The lowest BCUT2D eigenvalue weighted by molar-refractivity contribution is 0.263. The molecule has 0 fully saturated rings. The number of benzene rings is 2. The lowest BCUT2D eigenvalue weighted by atomic mass is 9.93. The van der Waals surface area contributed by atoms with Crippen molar-refractivity contribution in [1.29, 1.82) is 0 Å². The maximum Gasteiger partial charge on any atom is 0.240 e. The van der Waals surface area contributed by atoms with Gasteiger partial charge in [-0.2, -0.15) is 0 Å². The Kier molecular flexibility index (Phi) is 4.48. The summed E-state index contributed by atoms with van der Waals surface area (Å²) in [7, 11) is -3.60. The average molecular weight is 353 g/mol. The van der Waals surface area contributed by atoms with E-state index >= 15 is 0 Å². The normalized spacial score (nSPS) is 17.3. The second-order valence-electron chi connectivity index (χ2n) is 5.34. The van der Waals surface area contributed by atoms with Gasteiger partial charge in [0, 0.05) is 23.6 Å². The van der Waals surface area contributed by atoms with Crippen LogP contribution in [0.3, 0.4) is 0 Å². The molecule has 1 radical (unpaired) electrons. The van der Waals surface area contributed by atoms with Crippen molar-refractivity contribution in [3.8, 4) is 11.5 Å². The predicted octanol–water partition coefficient (Wildman–Crippen LogP) is 3.33. The van der Waals surface area contributed by atoms with E-state index in [-0.39, 0.29) is 23.1 Å². The number of hydrogen-bond acceptors (Lipinski definition) is 3. The van der Waals surface area contributed by atoms with Crippen LogP contribution < -0.4 is 9.46 Å². The Balaban J connectivity index is 1.75. The SMILES string of the molecule is [O]c1ccc2c(c1)OCCC2CNS(=O)(=O)c1ccc(Cl)cc1. The topological polar surface area (TPSA) is 75.3 Å². The molecule has 0 spiro atoms. The molecular weight excluding hydrogens is 338 g/mol. The molecule has 0 saturated carbocycles. The largest absolute Gasteiger partial charge is 0.493 e. The van der Waals surface area contributed by atoms with Gasteiger partial charge in [-0.25, -0.2) is 13.1 Å². The average Bonchev–Trinajstić information content (AvgIpc) is 2.53. The van der Waals surface area contributed by atoms with Crippen molar-refractivity contribution in [2.75, 3.05) is 13.2 Å². The molecule has 0 aromatic heterocycles. The molecule has 0 amide bonds. The van der Waals surface area contributed by atoms with Crippen LogP contribution in [0.25, 0.3) is 0 Å². The van der Waals surface area contributed by atoms with Crippen LogP contribution in [0.1, 0.15) is 17.9 Å². The molecule has 23 heavy (non-hydrogen) atoms. The van der Waals surface area contributed by atoms with E-state index in [1.54, 1.807) is 6.07 Å². The Hall–Kier alpha value is -1.76. The third kappa shape index (κ3) is 3.60. The van der Waals surface area contributed by atoms with E-state index in [1.165, 1.54) is 36.4 Å². The number of fused-ring (bicyclic) bond motifs is 1. The third-order valence-corrected chi connectivity index (χ3v) is 5.48. The van der Waals surface area contributed by atoms with Crippen LogP contribution in [0.15, 0.2) is 47.4 Å². The molecule has 1 aliphatic rings. The van der Waals surface area contributed by atoms with Crippen LogP contribution in [-0.4, -0.2) is 21.6 Å². The monoisotopic (exact) mass is 352 g/mol. The van der Waals surface area contributed by atoms with Crippen LogP contribution in [0, 0.1) is 0 Å². The summed E-state index contributed by atoms with van der Waals surface area (Å²) in [6.45, 7) is 0.712. The fourth-order valence-corrected chi connectivity index (χ4v) is 3.77. The molecule has 3 rings (SSSR count). The summed E-state index contributed by atoms with van der Waals surface area (Å²) in [6.07, 6.45) is 0.689. The van der Waals surface area contributed by atoms with E-state index in [4.69, 9.17) is 16.3 Å². The Labute approximate surface area is 139 Å². The summed E-state index contributed by atoms with van der Waals surface area (Å²) < 4.78 is 32.7. The fraction of sp³-hybridized carbons (Fsp3) is 0.250. The molecule has 7 heteroatoms. The van der Waals surface area contributed by atoms with Crippen molar-refractivity contribution in [1.82, 2.24) is 4.72 Å². The molecule has 2 aromatic rings. The van der Waals surface area contributed by atoms with Crippen LogP contribution in [0.5, 0.6) is 11.5 Å². The van der Waals surface area contributed by atoms with E-state index in [1.807, 2.05) is 0 Å². The molecule has 1 N–H and O–H groups in total. The molecule has 0 saturated heterocycles. The van der Waals surface area contributed by atoms with Gasteiger partial charge in [0.25, 0.3) is 0 Å². The Bertz CT molecular complexity index is 805. The van der Waals surface area contributed by atoms with Gasteiger partial charge in [0.15, 0.2) is 5.75 Å². The van der Waals surface area contributed by atoms with Gasteiger partial charge in [0.2, 0.25) is 10.0 Å². The Morgan fingerprint density at radius 2 is 1.91 bits per heavy atom. The standard InChI is InChI=1S/C16H15ClNO4S/c17-12-1-4-14(5-2-12)23(20,21)18-10-11-7-8-22-16-9-13(19)3-6-15(11)16/h1-6,9,11,18H,7-8,10H2. The van der Waals surface area contributed by atoms with E-state index in [2.05, 4.69) is 4.72 Å². The highest BCUT2D eigenvalue weighted by Crippen LogP contribution is 2.35. The van der Waals surface area contributed by atoms with Crippen LogP contribution in [0.4, 0.5) is 0 Å². The number of ether oxygens (including phenoxy) is 1. The first-order valence-corrected chi connectivity index (χ1v) is 9.01. The summed E-state index contributed by atoms with van der Waals surface area (Å²) in [6, 6.07) is 10.6. The molecule has 121 valence electrons. The molecule has 0 bridgehead atoms. The second kappa shape index (κ2) is 6.39. The van der Waals surface area contributed by atoms with Gasteiger partial charge in [-0.15, -0.1) is 0 Å². The minimum atomic E-state index is -3.60. The highest BCUT2D eigenvalue weighted by Gasteiger charge is 2.24. The van der Waals surface area contributed by atoms with Gasteiger partial charge in [0.05, 0.1) is 11.5 Å². The maximum atomic E-state index is 12.3. The second-order valence-corrected chi connectivity index (χ2v) is 7.54. The zero-order valence-corrected chi connectivity index (χ0v) is 13.7. The van der Waals surface area contributed by atoms with Gasteiger partial charge < -0.3 is 4.74 Å². The number of hydrogen-bond donors (Lipinski definition) is 1. The van der Waals surface area contributed by atoms with Crippen molar-refractivity contribution >= 4 is 21.6 Å². The van der Waals surface area contributed by atoms with E-state index in [0.29, 0.717) is 23.8 Å². The lowest BCUT2D eigenvalue weighted by Crippen LogP contribution is -2.30. The van der Waals surface area contributed by atoms with Gasteiger partial charge in [0.1, 0.15) is 5.75 Å². The van der Waals surface area contributed by atoms with Crippen molar-refractivity contribution in [2.45, 2.75) is 17.2 Å². The summed E-state index contributed by atoms with van der Waals surface area (Å²) in [5.41, 5.74) is 0.856. The zero-order chi connectivity index (χ0) is 16.4. The van der Waals surface area contributed by atoms with E-state index < -0.39 is 10.0 Å². The maximum absolute atomic E-state index is 12.3. The highest BCUT2D eigenvalue weighted by atomic mass is 35.5. The van der Waals surface area contributed by atoms with Crippen LogP contribution in [0.2, 0.25) is 5.02 Å². The third-order valence-electron chi connectivity index (χ3n) is 3.79. The molecule has 0 aliphatic carbocycles. The molecule has 1 unspecified atom stereocenters. The fourth-order valence-electron chi connectivity index (χ4n) is 2.56. The lowest BCUT2D eigenvalue weighted by Gasteiger charge is -2.26.